The van der Waals surface area contributed by atoms with Crippen molar-refractivity contribution in [3.63, 3.8) is 0 Å². The van der Waals surface area contributed by atoms with Crippen LogP contribution in [0.3, 0.4) is 0 Å². The van der Waals surface area contributed by atoms with E-state index in [4.69, 9.17) is 16.4 Å². The van der Waals surface area contributed by atoms with Gasteiger partial charge in [-0.2, -0.15) is 0 Å². The van der Waals surface area contributed by atoms with Crippen molar-refractivity contribution in [2.24, 2.45) is 0 Å². The molecule has 2 rings (SSSR count). The normalized spacial score (nSPS) is 10.4. The fraction of sp³-hybridized carbons (Fsp3) is 0.250. The van der Waals surface area contributed by atoms with E-state index in [-0.39, 0.29) is 18.3 Å². The van der Waals surface area contributed by atoms with Crippen molar-refractivity contribution in [2.45, 2.75) is 12.8 Å². The van der Waals surface area contributed by atoms with Gasteiger partial charge in [0.15, 0.2) is 5.82 Å². The highest BCUT2D eigenvalue weighted by atomic mass is 35.5. The van der Waals surface area contributed by atoms with E-state index >= 15 is 0 Å². The van der Waals surface area contributed by atoms with Crippen LogP contribution in [0.5, 0.6) is 0 Å². The molecule has 0 atom stereocenters. The van der Waals surface area contributed by atoms with Crippen LogP contribution in [0.2, 0.25) is 0 Å². The number of hydrogen-bond acceptors (Lipinski definition) is 5. The van der Waals surface area contributed by atoms with Crippen LogP contribution in [0.4, 0.5) is 4.79 Å². The first-order valence-electron chi connectivity index (χ1n) is 5.59. The lowest BCUT2D eigenvalue weighted by atomic mass is 10.2. The Kier molecular flexibility index (Phi) is 4.01. The molecule has 2 aromatic rings. The van der Waals surface area contributed by atoms with Crippen molar-refractivity contribution < 1.29 is 14.4 Å². The Balaban J connectivity index is 2.55. The molecule has 0 unspecified atom stereocenters. The molecule has 0 radical (unpaired) electrons. The summed E-state index contributed by atoms with van der Waals surface area (Å²) in [5, 5.41) is 0.334. The van der Waals surface area contributed by atoms with Gasteiger partial charge in [0, 0.05) is 0 Å². The summed E-state index contributed by atoms with van der Waals surface area (Å²) < 4.78 is 5.38. The lowest BCUT2D eigenvalue weighted by Gasteiger charge is -2.10. The largest absolute Gasteiger partial charge is 0.533 e. The molecule has 0 bridgehead atoms. The average Bonchev–Trinajstić information content (AvgIpc) is 2.42. The number of benzene rings is 1. The fourth-order valence-electron chi connectivity index (χ4n) is 1.56. The predicted molar refractivity (Wildman–Crippen MR) is 69.2 cm³/mol. The Morgan fingerprint density at radius 3 is 2.84 bits per heavy atom. The summed E-state index contributed by atoms with van der Waals surface area (Å²) in [5.41, 5.74) is -0.0128. The molecular weight excluding hydrogens is 272 g/mol. The molecule has 1 aromatic carbocycles. The molecule has 0 N–H and O–H groups in total. The van der Waals surface area contributed by atoms with E-state index in [0.717, 1.165) is 4.73 Å². The third-order valence-corrected chi connectivity index (χ3v) is 2.59. The molecule has 0 fully saturated rings. The summed E-state index contributed by atoms with van der Waals surface area (Å²) in [6.07, 6.45) is -0.979. The second kappa shape index (κ2) is 5.71. The highest BCUT2D eigenvalue weighted by molar-refractivity contribution is 6.16. The van der Waals surface area contributed by atoms with Crippen LogP contribution in [0.15, 0.2) is 29.1 Å². The van der Waals surface area contributed by atoms with Crippen LogP contribution in [0.1, 0.15) is 12.7 Å². The number of rotatable bonds is 3. The van der Waals surface area contributed by atoms with Crippen LogP contribution >= 0.6 is 11.6 Å². The molecule has 7 heteroatoms. The average molecular weight is 283 g/mol. The Hall–Kier alpha value is -2.08. The molecule has 6 nitrogen and oxygen atoms in total. The molecule has 19 heavy (non-hydrogen) atoms. The first-order chi connectivity index (χ1) is 9.17. The highest BCUT2D eigenvalue weighted by Crippen LogP contribution is 2.08. The number of para-hydroxylation sites is 1. The number of aromatic nitrogens is 2. The summed E-state index contributed by atoms with van der Waals surface area (Å²) in [7, 11) is 0. The molecule has 0 aliphatic carbocycles. The Morgan fingerprint density at radius 1 is 1.42 bits per heavy atom. The van der Waals surface area contributed by atoms with E-state index in [1.165, 1.54) is 0 Å². The van der Waals surface area contributed by atoms with E-state index in [0.29, 0.717) is 10.9 Å². The van der Waals surface area contributed by atoms with Crippen molar-refractivity contribution in [1.82, 2.24) is 9.71 Å². The zero-order chi connectivity index (χ0) is 13.8. The molecule has 0 amide bonds. The van der Waals surface area contributed by atoms with Gasteiger partial charge in [0.25, 0.3) is 5.56 Å². The minimum absolute atomic E-state index is 0.0700. The summed E-state index contributed by atoms with van der Waals surface area (Å²) >= 11 is 5.71. The van der Waals surface area contributed by atoms with E-state index in [9.17, 15) is 9.59 Å². The number of halogens is 1. The molecule has 0 aliphatic rings. The summed E-state index contributed by atoms with van der Waals surface area (Å²) in [5.74, 6) is 0.0675. The highest BCUT2D eigenvalue weighted by Gasteiger charge is 2.14. The first-order valence-corrected chi connectivity index (χ1v) is 6.12. The van der Waals surface area contributed by atoms with Crippen LogP contribution in [0, 0.1) is 0 Å². The first kappa shape index (κ1) is 13.4. The van der Waals surface area contributed by atoms with Crippen molar-refractivity contribution in [2.75, 3.05) is 6.61 Å². The van der Waals surface area contributed by atoms with Gasteiger partial charge in [0.2, 0.25) is 0 Å². The molecule has 0 spiro atoms. The maximum atomic E-state index is 12.2. The van der Waals surface area contributed by atoms with Gasteiger partial charge in [-0.3, -0.25) is 9.63 Å². The second-order valence-corrected chi connectivity index (χ2v) is 3.82. The van der Waals surface area contributed by atoms with Gasteiger partial charge in [-0.1, -0.05) is 12.1 Å². The molecule has 0 aliphatic heterocycles. The standard InChI is InChI=1S/C12H11ClN2O4/c1-2-18-12(17)19-15-10(7-13)14-9-6-4-3-5-8(9)11(15)16/h3-6H,2,7H2,1H3. The second-order valence-electron chi connectivity index (χ2n) is 3.55. The lowest BCUT2D eigenvalue weighted by molar-refractivity contribution is 0.0457. The number of alkyl halides is 1. The number of hydrogen-bond donors (Lipinski definition) is 0. The van der Waals surface area contributed by atoms with E-state index in [2.05, 4.69) is 9.72 Å². The van der Waals surface area contributed by atoms with Gasteiger partial charge in [-0.25, -0.2) is 9.78 Å². The molecule has 1 heterocycles. The number of fused-ring (bicyclic) bond motifs is 1. The maximum Gasteiger partial charge on any atom is 0.533 e. The van der Waals surface area contributed by atoms with Crippen molar-refractivity contribution >= 4 is 28.7 Å². The van der Waals surface area contributed by atoms with Gasteiger partial charge >= 0.3 is 6.16 Å². The zero-order valence-corrected chi connectivity index (χ0v) is 10.9. The fourth-order valence-corrected chi connectivity index (χ4v) is 1.73. The molecule has 0 saturated heterocycles. The Labute approximate surface area is 113 Å². The van der Waals surface area contributed by atoms with Crippen molar-refractivity contribution in [3.8, 4) is 0 Å². The molecule has 1 aromatic heterocycles. The lowest BCUT2D eigenvalue weighted by Crippen LogP contribution is -2.34. The predicted octanol–water partition coefficient (Wildman–Crippen LogP) is 1.72. The van der Waals surface area contributed by atoms with Crippen LogP contribution in [-0.2, 0) is 10.6 Å². The van der Waals surface area contributed by atoms with E-state index < -0.39 is 11.7 Å². The SMILES string of the molecule is CCOC(=O)On1c(CCl)nc2ccccc2c1=O. The summed E-state index contributed by atoms with van der Waals surface area (Å²) in [4.78, 5) is 32.5. The number of nitrogens with zero attached hydrogens (tertiary/aromatic N) is 2. The number of carbonyl (C=O) groups excluding carboxylic acids is 1. The van der Waals surface area contributed by atoms with Gasteiger partial charge in [-0.05, 0) is 19.1 Å². The minimum atomic E-state index is -0.979. The topological polar surface area (TPSA) is 70.4 Å². The number of carbonyl (C=O) groups is 1. The van der Waals surface area contributed by atoms with Gasteiger partial charge in [0.1, 0.15) is 0 Å². The van der Waals surface area contributed by atoms with E-state index in [1.54, 1.807) is 31.2 Å². The maximum absolute atomic E-state index is 12.2. The van der Waals surface area contributed by atoms with Crippen LogP contribution in [0.25, 0.3) is 10.9 Å². The quantitative estimate of drug-likeness (QED) is 0.633. The monoisotopic (exact) mass is 282 g/mol. The minimum Gasteiger partial charge on any atom is -0.433 e. The Bertz CT molecular complexity index is 668. The Morgan fingerprint density at radius 2 is 2.16 bits per heavy atom. The van der Waals surface area contributed by atoms with Crippen molar-refractivity contribution in [1.29, 1.82) is 0 Å². The van der Waals surface area contributed by atoms with Crippen LogP contribution < -0.4 is 10.4 Å². The molecule has 0 saturated carbocycles. The summed E-state index contributed by atoms with van der Waals surface area (Å²) in [6, 6.07) is 6.72. The third kappa shape index (κ3) is 2.68. The zero-order valence-electron chi connectivity index (χ0n) is 10.1. The smallest absolute Gasteiger partial charge is 0.433 e. The third-order valence-electron chi connectivity index (χ3n) is 2.35. The van der Waals surface area contributed by atoms with Gasteiger partial charge < -0.3 is 4.74 Å². The van der Waals surface area contributed by atoms with E-state index in [1.807, 2.05) is 0 Å². The molecular formula is C12H11ClN2O4. The van der Waals surface area contributed by atoms with Crippen LogP contribution in [-0.4, -0.2) is 22.5 Å². The van der Waals surface area contributed by atoms with Gasteiger partial charge in [-0.15, -0.1) is 16.3 Å². The molecule has 100 valence electrons. The van der Waals surface area contributed by atoms with Crippen molar-refractivity contribution in [3.05, 3.63) is 40.4 Å². The number of ether oxygens (including phenoxy) is 1. The summed E-state index contributed by atoms with van der Waals surface area (Å²) in [6.45, 7) is 1.77. The van der Waals surface area contributed by atoms with Gasteiger partial charge in [0.05, 0.1) is 23.4 Å².